The number of hydrogen-bond donors (Lipinski definition) is 1. The lowest BCUT2D eigenvalue weighted by atomic mass is 10.1. The standard InChI is InChI=1S/C19H17ClF3N3O/c1-3-8-26-10-11(2)15-16(20)14(9-24-17(15)26)18(27)25-13-6-4-12(5-7-13)19(21,22)23/h4-7,9-10H,3,8H2,1-2H3,(H,25,27). The van der Waals surface area contributed by atoms with Crippen molar-refractivity contribution in [2.45, 2.75) is 33.0 Å². The first kappa shape index (κ1) is 19.2. The Morgan fingerprint density at radius 3 is 2.52 bits per heavy atom. The maximum absolute atomic E-state index is 12.6. The van der Waals surface area contributed by atoms with Crippen LogP contribution in [0.5, 0.6) is 0 Å². The van der Waals surface area contributed by atoms with E-state index in [1.54, 1.807) is 0 Å². The van der Waals surface area contributed by atoms with Gasteiger partial charge in [0.25, 0.3) is 5.91 Å². The second kappa shape index (κ2) is 7.23. The number of benzene rings is 1. The fourth-order valence-corrected chi connectivity index (χ4v) is 3.29. The summed E-state index contributed by atoms with van der Waals surface area (Å²) in [6, 6.07) is 4.22. The van der Waals surface area contributed by atoms with Crippen molar-refractivity contribution in [2.75, 3.05) is 5.32 Å². The van der Waals surface area contributed by atoms with Crippen LogP contribution < -0.4 is 5.32 Å². The lowest BCUT2D eigenvalue weighted by Crippen LogP contribution is -2.13. The average molecular weight is 396 g/mol. The molecule has 0 saturated carbocycles. The molecule has 142 valence electrons. The summed E-state index contributed by atoms with van der Waals surface area (Å²) in [4.78, 5) is 16.9. The van der Waals surface area contributed by atoms with Gasteiger partial charge in [0.2, 0.25) is 0 Å². The first-order valence-electron chi connectivity index (χ1n) is 8.35. The monoisotopic (exact) mass is 395 g/mol. The molecule has 2 heterocycles. The van der Waals surface area contributed by atoms with E-state index in [4.69, 9.17) is 11.6 Å². The van der Waals surface area contributed by atoms with Crippen LogP contribution in [0.2, 0.25) is 5.02 Å². The van der Waals surface area contributed by atoms with Crippen molar-refractivity contribution in [3.8, 4) is 0 Å². The molecule has 1 amide bonds. The third-order valence-electron chi connectivity index (χ3n) is 4.19. The van der Waals surface area contributed by atoms with Crippen LogP contribution >= 0.6 is 11.6 Å². The Kier molecular flexibility index (Phi) is 5.15. The number of fused-ring (bicyclic) bond motifs is 1. The van der Waals surface area contributed by atoms with Crippen molar-refractivity contribution in [3.05, 3.63) is 58.4 Å². The van der Waals surface area contributed by atoms with Gasteiger partial charge in [-0.1, -0.05) is 18.5 Å². The normalized spacial score (nSPS) is 11.8. The third-order valence-corrected chi connectivity index (χ3v) is 4.58. The van der Waals surface area contributed by atoms with E-state index in [9.17, 15) is 18.0 Å². The molecule has 3 rings (SSSR count). The second-order valence-corrected chi connectivity index (χ2v) is 6.60. The Bertz CT molecular complexity index is 994. The highest BCUT2D eigenvalue weighted by atomic mass is 35.5. The zero-order valence-electron chi connectivity index (χ0n) is 14.7. The largest absolute Gasteiger partial charge is 0.416 e. The Hall–Kier alpha value is -2.54. The minimum Gasteiger partial charge on any atom is -0.332 e. The Labute approximate surface area is 159 Å². The van der Waals surface area contributed by atoms with Gasteiger partial charge in [0, 0.05) is 30.0 Å². The minimum absolute atomic E-state index is 0.168. The van der Waals surface area contributed by atoms with E-state index in [0.29, 0.717) is 11.0 Å². The van der Waals surface area contributed by atoms with Gasteiger partial charge in [-0.05, 0) is 43.2 Å². The molecule has 3 aromatic rings. The van der Waals surface area contributed by atoms with Gasteiger partial charge in [-0.2, -0.15) is 13.2 Å². The van der Waals surface area contributed by atoms with Gasteiger partial charge < -0.3 is 9.88 Å². The lowest BCUT2D eigenvalue weighted by molar-refractivity contribution is -0.137. The summed E-state index contributed by atoms with van der Waals surface area (Å²) in [6.07, 6.45) is -0.178. The van der Waals surface area contributed by atoms with Crippen LogP contribution in [0.1, 0.15) is 34.8 Å². The molecule has 0 saturated heterocycles. The number of nitrogens with one attached hydrogen (secondary N) is 1. The highest BCUT2D eigenvalue weighted by molar-refractivity contribution is 6.39. The van der Waals surface area contributed by atoms with E-state index in [1.165, 1.54) is 18.3 Å². The van der Waals surface area contributed by atoms with Crippen LogP contribution in [0, 0.1) is 6.92 Å². The number of nitrogens with zero attached hydrogens (tertiary/aromatic N) is 2. The zero-order chi connectivity index (χ0) is 19.8. The summed E-state index contributed by atoms with van der Waals surface area (Å²) in [5.74, 6) is -0.531. The van der Waals surface area contributed by atoms with Gasteiger partial charge in [-0.15, -0.1) is 0 Å². The van der Waals surface area contributed by atoms with E-state index in [-0.39, 0.29) is 16.3 Å². The molecule has 0 unspecified atom stereocenters. The van der Waals surface area contributed by atoms with E-state index in [2.05, 4.69) is 17.2 Å². The summed E-state index contributed by atoms with van der Waals surface area (Å²) in [5, 5.41) is 3.53. The molecule has 0 bridgehead atoms. The average Bonchev–Trinajstić information content (AvgIpc) is 2.92. The Morgan fingerprint density at radius 2 is 1.93 bits per heavy atom. The zero-order valence-corrected chi connectivity index (χ0v) is 15.4. The Morgan fingerprint density at radius 1 is 1.26 bits per heavy atom. The van der Waals surface area contributed by atoms with Crippen molar-refractivity contribution < 1.29 is 18.0 Å². The molecular formula is C19H17ClF3N3O. The first-order chi connectivity index (χ1) is 12.7. The van der Waals surface area contributed by atoms with Crippen molar-refractivity contribution in [1.82, 2.24) is 9.55 Å². The summed E-state index contributed by atoms with van der Waals surface area (Å²) in [7, 11) is 0. The van der Waals surface area contributed by atoms with Crippen molar-refractivity contribution in [3.63, 3.8) is 0 Å². The number of halogens is 4. The maximum atomic E-state index is 12.6. The van der Waals surface area contributed by atoms with Crippen molar-refractivity contribution in [1.29, 1.82) is 0 Å². The lowest BCUT2D eigenvalue weighted by Gasteiger charge is -2.10. The number of hydrogen-bond acceptors (Lipinski definition) is 2. The van der Waals surface area contributed by atoms with Crippen LogP contribution in [-0.2, 0) is 12.7 Å². The van der Waals surface area contributed by atoms with Crippen LogP contribution in [-0.4, -0.2) is 15.5 Å². The predicted octanol–water partition coefficient (Wildman–Crippen LogP) is 5.68. The summed E-state index contributed by atoms with van der Waals surface area (Å²) >= 11 is 6.44. The maximum Gasteiger partial charge on any atom is 0.416 e. The number of amides is 1. The molecule has 1 N–H and O–H groups in total. The molecule has 0 atom stereocenters. The molecule has 8 heteroatoms. The number of rotatable bonds is 4. The topological polar surface area (TPSA) is 46.9 Å². The smallest absolute Gasteiger partial charge is 0.332 e. The number of anilines is 1. The Balaban J connectivity index is 1.90. The summed E-state index contributed by atoms with van der Waals surface area (Å²) < 4.78 is 39.9. The third kappa shape index (κ3) is 3.78. The predicted molar refractivity (Wildman–Crippen MR) is 99.2 cm³/mol. The highest BCUT2D eigenvalue weighted by Gasteiger charge is 2.30. The number of carbonyl (C=O) groups is 1. The SMILES string of the molecule is CCCn1cc(C)c2c(Cl)c(C(=O)Nc3ccc(C(F)(F)F)cc3)cnc21. The van der Waals surface area contributed by atoms with Crippen LogP contribution in [0.3, 0.4) is 0 Å². The molecule has 0 aliphatic carbocycles. The fraction of sp³-hybridized carbons (Fsp3) is 0.263. The summed E-state index contributed by atoms with van der Waals surface area (Å²) in [6.45, 7) is 4.72. The molecule has 0 spiro atoms. The fourth-order valence-electron chi connectivity index (χ4n) is 2.92. The number of alkyl halides is 3. The van der Waals surface area contributed by atoms with E-state index >= 15 is 0 Å². The quantitative estimate of drug-likeness (QED) is 0.617. The van der Waals surface area contributed by atoms with Gasteiger partial charge in [-0.25, -0.2) is 4.98 Å². The summed E-state index contributed by atoms with van der Waals surface area (Å²) in [5.41, 5.74) is 1.23. The second-order valence-electron chi connectivity index (χ2n) is 6.22. The number of carbonyl (C=O) groups excluding carboxylic acids is 1. The van der Waals surface area contributed by atoms with Crippen LogP contribution in [0.15, 0.2) is 36.7 Å². The van der Waals surface area contributed by atoms with E-state index in [0.717, 1.165) is 30.7 Å². The van der Waals surface area contributed by atoms with E-state index in [1.807, 2.05) is 17.7 Å². The number of aromatic nitrogens is 2. The molecule has 0 aliphatic heterocycles. The van der Waals surface area contributed by atoms with Crippen molar-refractivity contribution in [2.24, 2.45) is 0 Å². The molecule has 1 aromatic carbocycles. The molecular weight excluding hydrogens is 379 g/mol. The first-order valence-corrected chi connectivity index (χ1v) is 8.72. The van der Waals surface area contributed by atoms with Crippen LogP contribution in [0.25, 0.3) is 11.0 Å². The number of pyridine rings is 1. The molecule has 0 aliphatic rings. The van der Waals surface area contributed by atoms with Gasteiger partial charge in [0.05, 0.1) is 16.1 Å². The minimum atomic E-state index is -4.43. The van der Waals surface area contributed by atoms with Crippen LogP contribution in [0.4, 0.5) is 18.9 Å². The molecule has 4 nitrogen and oxygen atoms in total. The van der Waals surface area contributed by atoms with Gasteiger partial charge in [-0.3, -0.25) is 4.79 Å². The molecule has 0 radical (unpaired) electrons. The van der Waals surface area contributed by atoms with Gasteiger partial charge in [0.15, 0.2) is 0 Å². The van der Waals surface area contributed by atoms with E-state index < -0.39 is 17.6 Å². The van der Waals surface area contributed by atoms with Crippen molar-refractivity contribution >= 4 is 34.2 Å². The van der Waals surface area contributed by atoms with Gasteiger partial charge in [0.1, 0.15) is 5.65 Å². The number of aryl methyl sites for hydroxylation is 2. The molecule has 2 aromatic heterocycles. The molecule has 27 heavy (non-hydrogen) atoms. The van der Waals surface area contributed by atoms with Gasteiger partial charge >= 0.3 is 6.18 Å². The highest BCUT2D eigenvalue weighted by Crippen LogP contribution is 2.32. The molecule has 0 fully saturated rings.